The van der Waals surface area contributed by atoms with E-state index >= 15 is 0 Å². The van der Waals surface area contributed by atoms with Crippen molar-refractivity contribution in [3.05, 3.63) is 16.4 Å². The average Bonchev–Trinajstić information content (AvgIpc) is 3.11. The summed E-state index contributed by atoms with van der Waals surface area (Å²) >= 11 is 2.31. The number of aryl methyl sites for hydroxylation is 1. The topological polar surface area (TPSA) is 110 Å². The number of ether oxygens (including phenoxy) is 1. The summed E-state index contributed by atoms with van der Waals surface area (Å²) in [6.07, 6.45) is 0. The molecule has 2 heterocycles. The lowest BCUT2D eigenvalue weighted by atomic mass is 10.2. The number of carbonyl (C=O) groups is 2. The number of hydrogen-bond acceptors (Lipinski definition) is 8. The third-order valence-electron chi connectivity index (χ3n) is 2.78. The van der Waals surface area contributed by atoms with Crippen molar-refractivity contribution in [2.24, 2.45) is 0 Å². The summed E-state index contributed by atoms with van der Waals surface area (Å²) in [4.78, 5) is 32.3. The molecule has 23 heavy (non-hydrogen) atoms. The highest BCUT2D eigenvalue weighted by Crippen LogP contribution is 2.24. The van der Waals surface area contributed by atoms with Gasteiger partial charge >= 0.3 is 5.97 Å². The van der Waals surface area contributed by atoms with E-state index < -0.39 is 5.97 Å². The van der Waals surface area contributed by atoms with Crippen LogP contribution in [0.5, 0.6) is 0 Å². The van der Waals surface area contributed by atoms with E-state index in [0.29, 0.717) is 20.9 Å². The number of aromatic nitrogens is 4. The monoisotopic (exact) mass is 355 g/mol. The highest BCUT2D eigenvalue weighted by molar-refractivity contribution is 7.99. The quantitative estimate of drug-likeness (QED) is 0.604. The number of nitrogens with one attached hydrogen (secondary N) is 2. The molecule has 0 atom stereocenters. The Morgan fingerprint density at radius 3 is 2.74 bits per heavy atom. The van der Waals surface area contributed by atoms with Crippen molar-refractivity contribution in [3.8, 4) is 0 Å². The Balaban J connectivity index is 1.90. The van der Waals surface area contributed by atoms with Crippen LogP contribution in [0.1, 0.15) is 41.0 Å². The number of thioether (sulfide) groups is 1. The van der Waals surface area contributed by atoms with Crippen LogP contribution in [0.15, 0.2) is 5.16 Å². The molecule has 0 unspecified atom stereocenters. The van der Waals surface area contributed by atoms with Gasteiger partial charge in [-0.2, -0.15) is 0 Å². The van der Waals surface area contributed by atoms with Crippen molar-refractivity contribution in [3.63, 3.8) is 0 Å². The zero-order valence-electron chi connectivity index (χ0n) is 13.2. The predicted octanol–water partition coefficient (Wildman–Crippen LogP) is 2.21. The average molecular weight is 355 g/mol. The molecule has 2 rings (SSSR count). The number of aromatic amines is 1. The van der Waals surface area contributed by atoms with Gasteiger partial charge in [0.05, 0.1) is 18.6 Å². The molecule has 124 valence electrons. The van der Waals surface area contributed by atoms with Crippen LogP contribution in [-0.2, 0) is 9.53 Å². The first kappa shape index (κ1) is 17.4. The molecule has 1 amide bonds. The third kappa shape index (κ3) is 4.52. The lowest BCUT2D eigenvalue weighted by molar-refractivity contribution is -0.113. The van der Waals surface area contributed by atoms with Crippen LogP contribution < -0.4 is 5.32 Å². The van der Waals surface area contributed by atoms with Crippen molar-refractivity contribution >= 4 is 40.1 Å². The Kier molecular flexibility index (Phi) is 5.72. The minimum atomic E-state index is -0.461. The van der Waals surface area contributed by atoms with Gasteiger partial charge in [-0.3, -0.25) is 9.89 Å². The molecule has 2 aromatic heterocycles. The number of anilines is 1. The van der Waals surface area contributed by atoms with E-state index in [1.807, 2.05) is 13.8 Å². The first-order valence-corrected chi connectivity index (χ1v) is 8.61. The van der Waals surface area contributed by atoms with Gasteiger partial charge in [0.2, 0.25) is 11.1 Å². The summed E-state index contributed by atoms with van der Waals surface area (Å²) < 4.78 is 4.66. The van der Waals surface area contributed by atoms with E-state index in [9.17, 15) is 9.59 Å². The molecule has 0 aromatic carbocycles. The van der Waals surface area contributed by atoms with Crippen molar-refractivity contribution in [2.45, 2.75) is 31.8 Å². The van der Waals surface area contributed by atoms with Crippen LogP contribution in [0.25, 0.3) is 0 Å². The molecular formula is C13H17N5O3S2. The molecule has 0 spiro atoms. The van der Waals surface area contributed by atoms with Crippen LogP contribution >= 0.6 is 23.1 Å². The first-order chi connectivity index (χ1) is 10.9. The minimum absolute atomic E-state index is 0.154. The van der Waals surface area contributed by atoms with E-state index in [4.69, 9.17) is 0 Å². The standard InChI is InChI=1S/C13H17N5O3S2/c1-6(2)10-16-13(18-17-10)22-5-8(19)15-12-14-7(3)9(23-12)11(20)21-4/h6H,5H2,1-4H3,(H,14,15,19)(H,16,17,18). The number of H-pyrrole nitrogens is 1. The number of hydrogen-bond donors (Lipinski definition) is 2. The second kappa shape index (κ2) is 7.55. The van der Waals surface area contributed by atoms with E-state index in [2.05, 4.69) is 30.2 Å². The Labute approximate surface area is 141 Å². The van der Waals surface area contributed by atoms with Crippen molar-refractivity contribution in [1.29, 1.82) is 0 Å². The predicted molar refractivity (Wildman–Crippen MR) is 88.0 cm³/mol. The Bertz CT molecular complexity index is 710. The molecule has 0 saturated heterocycles. The highest BCUT2D eigenvalue weighted by atomic mass is 32.2. The minimum Gasteiger partial charge on any atom is -0.465 e. The fourth-order valence-electron chi connectivity index (χ4n) is 1.60. The molecule has 8 nitrogen and oxygen atoms in total. The summed E-state index contributed by atoms with van der Waals surface area (Å²) in [5.74, 6) is 0.487. The lowest BCUT2D eigenvalue weighted by Crippen LogP contribution is -2.13. The second-order valence-corrected chi connectivity index (χ2v) is 6.86. The normalized spacial score (nSPS) is 10.8. The molecular weight excluding hydrogens is 338 g/mol. The molecule has 0 aliphatic carbocycles. The van der Waals surface area contributed by atoms with Gasteiger partial charge in [-0.05, 0) is 6.92 Å². The number of carbonyl (C=O) groups excluding carboxylic acids is 2. The smallest absolute Gasteiger partial charge is 0.350 e. The molecule has 0 fully saturated rings. The zero-order valence-corrected chi connectivity index (χ0v) is 14.8. The number of rotatable bonds is 6. The Morgan fingerprint density at radius 2 is 2.13 bits per heavy atom. The van der Waals surface area contributed by atoms with E-state index in [1.165, 1.54) is 18.9 Å². The van der Waals surface area contributed by atoms with Crippen LogP contribution in [0.4, 0.5) is 5.13 Å². The number of methoxy groups -OCH3 is 1. The Morgan fingerprint density at radius 1 is 1.39 bits per heavy atom. The van der Waals surface area contributed by atoms with Crippen LogP contribution in [-0.4, -0.2) is 44.9 Å². The SMILES string of the molecule is COC(=O)c1sc(NC(=O)CSc2n[nH]c(C(C)C)n2)nc1C. The molecule has 2 N–H and O–H groups in total. The number of thiazole rings is 1. The van der Waals surface area contributed by atoms with Gasteiger partial charge in [-0.25, -0.2) is 14.8 Å². The molecule has 2 aromatic rings. The fraction of sp³-hybridized carbons (Fsp3) is 0.462. The first-order valence-electron chi connectivity index (χ1n) is 6.81. The highest BCUT2D eigenvalue weighted by Gasteiger charge is 2.17. The maximum Gasteiger partial charge on any atom is 0.350 e. The van der Waals surface area contributed by atoms with Gasteiger partial charge in [0.1, 0.15) is 10.7 Å². The summed E-state index contributed by atoms with van der Waals surface area (Å²) in [6.45, 7) is 5.70. The van der Waals surface area contributed by atoms with Crippen LogP contribution in [0.3, 0.4) is 0 Å². The summed E-state index contributed by atoms with van der Waals surface area (Å²) in [7, 11) is 1.30. The van der Waals surface area contributed by atoms with Gasteiger partial charge in [0.25, 0.3) is 0 Å². The van der Waals surface area contributed by atoms with Crippen molar-refractivity contribution in [1.82, 2.24) is 20.2 Å². The molecule has 0 saturated carbocycles. The molecule has 10 heteroatoms. The summed E-state index contributed by atoms with van der Waals surface area (Å²) in [6, 6.07) is 0. The van der Waals surface area contributed by atoms with Gasteiger partial charge in [-0.1, -0.05) is 36.9 Å². The number of amides is 1. The van der Waals surface area contributed by atoms with Crippen molar-refractivity contribution < 1.29 is 14.3 Å². The van der Waals surface area contributed by atoms with Crippen LogP contribution in [0, 0.1) is 6.92 Å². The van der Waals surface area contributed by atoms with Crippen molar-refractivity contribution in [2.75, 3.05) is 18.2 Å². The Hall–Kier alpha value is -1.94. The zero-order chi connectivity index (χ0) is 17.0. The molecule has 0 radical (unpaired) electrons. The van der Waals surface area contributed by atoms with E-state index in [0.717, 1.165) is 17.2 Å². The molecule has 0 aliphatic rings. The summed E-state index contributed by atoms with van der Waals surface area (Å²) in [5, 5.41) is 10.4. The second-order valence-electron chi connectivity index (χ2n) is 4.92. The maximum atomic E-state index is 11.9. The fourth-order valence-corrected chi connectivity index (χ4v) is 3.10. The molecule has 0 bridgehead atoms. The van der Waals surface area contributed by atoms with Gasteiger partial charge in [0, 0.05) is 5.92 Å². The van der Waals surface area contributed by atoms with Gasteiger partial charge in [0.15, 0.2) is 5.13 Å². The molecule has 0 aliphatic heterocycles. The third-order valence-corrected chi connectivity index (χ3v) is 4.68. The van der Waals surface area contributed by atoms with Gasteiger partial charge in [-0.15, -0.1) is 5.10 Å². The largest absolute Gasteiger partial charge is 0.465 e. The number of esters is 1. The lowest BCUT2D eigenvalue weighted by Gasteiger charge is -1.99. The van der Waals surface area contributed by atoms with Crippen LogP contribution in [0.2, 0.25) is 0 Å². The summed E-state index contributed by atoms with van der Waals surface area (Å²) in [5.41, 5.74) is 0.528. The van der Waals surface area contributed by atoms with Gasteiger partial charge < -0.3 is 10.1 Å². The van der Waals surface area contributed by atoms with E-state index in [1.54, 1.807) is 6.92 Å². The maximum absolute atomic E-state index is 11.9. The number of nitrogens with zero attached hydrogens (tertiary/aromatic N) is 3. The van der Waals surface area contributed by atoms with E-state index in [-0.39, 0.29) is 17.6 Å².